The summed E-state index contributed by atoms with van der Waals surface area (Å²) < 4.78 is 0. The number of nitrogens with one attached hydrogen (secondary N) is 1. The molecule has 0 spiro atoms. The van der Waals surface area contributed by atoms with Gasteiger partial charge < -0.3 is 5.32 Å². The van der Waals surface area contributed by atoms with Crippen LogP contribution >= 0.6 is 11.6 Å². The predicted molar refractivity (Wildman–Crippen MR) is 80.9 cm³/mol. The van der Waals surface area contributed by atoms with E-state index in [0.29, 0.717) is 16.5 Å². The fraction of sp³-hybridized carbons (Fsp3) is 0. The molecule has 3 rings (SSSR count). The summed E-state index contributed by atoms with van der Waals surface area (Å²) in [5.74, 6) is 0.594. The number of benzene rings is 2. The summed E-state index contributed by atoms with van der Waals surface area (Å²) in [6.07, 6.45) is 1.45. The fourth-order valence-corrected chi connectivity index (χ4v) is 2.10. The monoisotopic (exact) mass is 300 g/mol. The molecule has 1 N–H and O–H groups in total. The van der Waals surface area contributed by atoms with Gasteiger partial charge in [-0.2, -0.15) is 0 Å². The summed E-state index contributed by atoms with van der Waals surface area (Å²) in [5, 5.41) is 15.1. The van der Waals surface area contributed by atoms with Crippen molar-refractivity contribution < 1.29 is 4.92 Å². The molecule has 0 atom stereocenters. The molecule has 7 heteroatoms. The molecule has 1 heterocycles. The smallest absolute Gasteiger partial charge is 0.269 e. The molecule has 0 saturated heterocycles. The van der Waals surface area contributed by atoms with E-state index in [1.165, 1.54) is 18.5 Å². The molecule has 2 aromatic carbocycles. The second kappa shape index (κ2) is 5.34. The number of halogens is 1. The number of nitrogens with zero attached hydrogens (tertiary/aromatic N) is 3. The summed E-state index contributed by atoms with van der Waals surface area (Å²) in [7, 11) is 0. The first-order valence-electron chi connectivity index (χ1n) is 6.05. The number of rotatable bonds is 3. The van der Waals surface area contributed by atoms with Crippen LogP contribution in [0.25, 0.3) is 10.9 Å². The van der Waals surface area contributed by atoms with Gasteiger partial charge in [-0.3, -0.25) is 10.1 Å². The molecule has 0 aliphatic carbocycles. The zero-order valence-corrected chi connectivity index (χ0v) is 11.4. The van der Waals surface area contributed by atoms with Gasteiger partial charge in [-0.25, -0.2) is 9.97 Å². The summed E-state index contributed by atoms with van der Waals surface area (Å²) in [6.45, 7) is 0. The zero-order valence-electron chi connectivity index (χ0n) is 10.7. The highest BCUT2D eigenvalue weighted by atomic mass is 35.5. The van der Waals surface area contributed by atoms with Gasteiger partial charge in [0.1, 0.15) is 12.1 Å². The van der Waals surface area contributed by atoms with E-state index in [4.69, 9.17) is 11.6 Å². The Morgan fingerprint density at radius 1 is 1.10 bits per heavy atom. The van der Waals surface area contributed by atoms with Crippen LogP contribution in [0, 0.1) is 10.1 Å². The Kier molecular flexibility index (Phi) is 3.37. The molecule has 3 aromatic rings. The lowest BCUT2D eigenvalue weighted by Gasteiger charge is -2.08. The molecule has 0 aliphatic rings. The van der Waals surface area contributed by atoms with Crippen molar-refractivity contribution in [3.63, 3.8) is 0 Å². The molecule has 6 nitrogen and oxygen atoms in total. The minimum Gasteiger partial charge on any atom is -0.340 e. The van der Waals surface area contributed by atoms with Gasteiger partial charge in [0, 0.05) is 28.2 Å². The largest absolute Gasteiger partial charge is 0.340 e. The Labute approximate surface area is 124 Å². The maximum absolute atomic E-state index is 10.6. The highest BCUT2D eigenvalue weighted by Gasteiger charge is 2.07. The van der Waals surface area contributed by atoms with Crippen LogP contribution in [-0.2, 0) is 0 Å². The van der Waals surface area contributed by atoms with Gasteiger partial charge in [-0.05, 0) is 30.3 Å². The van der Waals surface area contributed by atoms with Crippen LogP contribution < -0.4 is 5.32 Å². The number of anilines is 2. The Morgan fingerprint density at radius 2 is 1.86 bits per heavy atom. The van der Waals surface area contributed by atoms with Gasteiger partial charge in [-0.1, -0.05) is 11.6 Å². The van der Waals surface area contributed by atoms with Crippen LogP contribution in [0.1, 0.15) is 0 Å². The Morgan fingerprint density at radius 3 is 2.57 bits per heavy atom. The van der Waals surface area contributed by atoms with Gasteiger partial charge in [-0.15, -0.1) is 0 Å². The molecule has 21 heavy (non-hydrogen) atoms. The predicted octanol–water partition coefficient (Wildman–Crippen LogP) is 3.94. The summed E-state index contributed by atoms with van der Waals surface area (Å²) in [6, 6.07) is 11.4. The second-order valence-corrected chi connectivity index (χ2v) is 4.75. The first kappa shape index (κ1) is 13.3. The van der Waals surface area contributed by atoms with Crippen LogP contribution in [0.4, 0.5) is 17.2 Å². The maximum atomic E-state index is 10.6. The van der Waals surface area contributed by atoms with E-state index in [-0.39, 0.29) is 5.69 Å². The van der Waals surface area contributed by atoms with E-state index in [0.717, 1.165) is 10.9 Å². The van der Waals surface area contributed by atoms with E-state index in [1.807, 2.05) is 0 Å². The SMILES string of the molecule is O=[N+]([O-])c1ccc(Nc2ncnc3ccc(Cl)cc23)cc1. The molecule has 0 radical (unpaired) electrons. The first-order chi connectivity index (χ1) is 10.1. The lowest BCUT2D eigenvalue weighted by atomic mass is 10.2. The van der Waals surface area contributed by atoms with Gasteiger partial charge in [0.05, 0.1) is 10.4 Å². The van der Waals surface area contributed by atoms with Crippen molar-refractivity contribution in [3.05, 3.63) is 63.9 Å². The van der Waals surface area contributed by atoms with E-state index >= 15 is 0 Å². The lowest BCUT2D eigenvalue weighted by molar-refractivity contribution is -0.384. The van der Waals surface area contributed by atoms with Crippen LogP contribution in [0.3, 0.4) is 0 Å². The molecular formula is C14H9ClN4O2. The number of nitro groups is 1. The molecular weight excluding hydrogens is 292 g/mol. The maximum Gasteiger partial charge on any atom is 0.269 e. The number of hydrogen-bond donors (Lipinski definition) is 1. The first-order valence-corrected chi connectivity index (χ1v) is 6.43. The zero-order chi connectivity index (χ0) is 14.8. The summed E-state index contributed by atoms with van der Waals surface area (Å²) >= 11 is 5.99. The molecule has 0 aliphatic heterocycles. The second-order valence-electron chi connectivity index (χ2n) is 4.31. The van der Waals surface area contributed by atoms with E-state index in [1.54, 1.807) is 30.3 Å². The van der Waals surface area contributed by atoms with Crippen molar-refractivity contribution >= 4 is 39.7 Å². The normalized spacial score (nSPS) is 10.5. The topological polar surface area (TPSA) is 81.0 Å². The quantitative estimate of drug-likeness (QED) is 0.585. The van der Waals surface area contributed by atoms with Crippen LogP contribution in [0.2, 0.25) is 5.02 Å². The molecule has 1 aromatic heterocycles. The lowest BCUT2D eigenvalue weighted by Crippen LogP contribution is -1.96. The van der Waals surface area contributed by atoms with Gasteiger partial charge >= 0.3 is 0 Å². The van der Waals surface area contributed by atoms with Gasteiger partial charge in [0.25, 0.3) is 5.69 Å². The van der Waals surface area contributed by atoms with Crippen LogP contribution in [-0.4, -0.2) is 14.9 Å². The van der Waals surface area contributed by atoms with Gasteiger partial charge in [0.15, 0.2) is 0 Å². The van der Waals surface area contributed by atoms with Crippen molar-refractivity contribution in [1.29, 1.82) is 0 Å². The summed E-state index contributed by atoms with van der Waals surface area (Å²) in [5.41, 5.74) is 1.50. The number of fused-ring (bicyclic) bond motifs is 1. The van der Waals surface area contributed by atoms with Crippen molar-refractivity contribution in [2.24, 2.45) is 0 Å². The minimum atomic E-state index is -0.441. The fourth-order valence-electron chi connectivity index (χ4n) is 1.93. The van der Waals surface area contributed by atoms with Gasteiger partial charge in [0.2, 0.25) is 0 Å². The highest BCUT2D eigenvalue weighted by molar-refractivity contribution is 6.31. The molecule has 0 unspecified atom stereocenters. The van der Waals surface area contributed by atoms with Crippen LogP contribution in [0.15, 0.2) is 48.8 Å². The minimum absolute atomic E-state index is 0.0381. The highest BCUT2D eigenvalue weighted by Crippen LogP contribution is 2.26. The average Bonchev–Trinajstić information content (AvgIpc) is 2.48. The average molecular weight is 301 g/mol. The number of aromatic nitrogens is 2. The molecule has 0 saturated carbocycles. The van der Waals surface area contributed by atoms with E-state index < -0.39 is 4.92 Å². The Bertz CT molecular complexity index is 821. The van der Waals surface area contributed by atoms with E-state index in [2.05, 4.69) is 15.3 Å². The van der Waals surface area contributed by atoms with Crippen LogP contribution in [0.5, 0.6) is 0 Å². The van der Waals surface area contributed by atoms with Crippen molar-refractivity contribution in [2.75, 3.05) is 5.32 Å². The molecule has 0 bridgehead atoms. The Hall–Kier alpha value is -2.73. The number of hydrogen-bond acceptors (Lipinski definition) is 5. The molecule has 0 amide bonds. The summed E-state index contributed by atoms with van der Waals surface area (Å²) in [4.78, 5) is 18.5. The molecule has 0 fully saturated rings. The number of nitro benzene ring substituents is 1. The number of non-ortho nitro benzene ring substituents is 1. The van der Waals surface area contributed by atoms with E-state index in [9.17, 15) is 10.1 Å². The third-order valence-electron chi connectivity index (χ3n) is 2.94. The molecule has 104 valence electrons. The van der Waals surface area contributed by atoms with Crippen molar-refractivity contribution in [1.82, 2.24) is 9.97 Å². The van der Waals surface area contributed by atoms with Crippen molar-refractivity contribution in [2.45, 2.75) is 0 Å². The third-order valence-corrected chi connectivity index (χ3v) is 3.17. The Balaban J connectivity index is 1.97. The standard InChI is InChI=1S/C14H9ClN4O2/c15-9-1-6-13-12(7-9)14(17-8-16-13)18-10-2-4-11(5-3-10)19(20)21/h1-8H,(H,16,17,18). The van der Waals surface area contributed by atoms with Crippen molar-refractivity contribution in [3.8, 4) is 0 Å². The third kappa shape index (κ3) is 2.75.